The van der Waals surface area contributed by atoms with Crippen molar-refractivity contribution in [1.82, 2.24) is 0 Å². The molecule has 1 rings (SSSR count). The number of rotatable bonds is 2. The second kappa shape index (κ2) is 3.82. The monoisotopic (exact) mass is 202 g/mol. The zero-order valence-electron chi connectivity index (χ0n) is 7.51. The van der Waals surface area contributed by atoms with Crippen LogP contribution in [0.3, 0.4) is 0 Å². The Morgan fingerprint density at radius 1 is 1.21 bits per heavy atom. The Balaban J connectivity index is 2.87. The summed E-state index contributed by atoms with van der Waals surface area (Å²) in [5.74, 6) is -2.83. The third-order valence-corrected chi connectivity index (χ3v) is 1.94. The lowest BCUT2D eigenvalue weighted by atomic mass is 9.99. The maximum atomic E-state index is 12.2. The number of hydrogen-bond donors (Lipinski definition) is 0. The molecule has 0 aliphatic heterocycles. The standard InChI is InChI=1S/C10H9F3O/c1-7(10(11,12)13)9(14)8-5-3-2-4-6-8/h2-7H,1H3/t7-/m0/s1. The number of alkyl halides is 3. The first kappa shape index (κ1) is 10.8. The fraction of sp³-hybridized carbons (Fsp3) is 0.300. The highest BCUT2D eigenvalue weighted by Crippen LogP contribution is 2.28. The van der Waals surface area contributed by atoms with Crippen LogP contribution in [0.25, 0.3) is 0 Å². The van der Waals surface area contributed by atoms with Crippen molar-refractivity contribution in [2.45, 2.75) is 13.1 Å². The summed E-state index contributed by atoms with van der Waals surface area (Å²) < 4.78 is 36.5. The summed E-state index contributed by atoms with van der Waals surface area (Å²) in [6.07, 6.45) is -4.47. The van der Waals surface area contributed by atoms with Crippen molar-refractivity contribution in [1.29, 1.82) is 0 Å². The highest BCUT2D eigenvalue weighted by Gasteiger charge is 2.41. The summed E-state index contributed by atoms with van der Waals surface area (Å²) in [4.78, 5) is 11.3. The molecule has 0 aliphatic rings. The molecular formula is C10H9F3O. The molecule has 4 heteroatoms. The van der Waals surface area contributed by atoms with Crippen LogP contribution in [0.2, 0.25) is 0 Å². The number of ketones is 1. The van der Waals surface area contributed by atoms with Crippen LogP contribution in [0.15, 0.2) is 30.3 Å². The Hall–Kier alpha value is -1.32. The Morgan fingerprint density at radius 2 is 1.71 bits per heavy atom. The quantitative estimate of drug-likeness (QED) is 0.673. The number of carbonyl (C=O) groups excluding carboxylic acids is 1. The van der Waals surface area contributed by atoms with Crippen LogP contribution in [-0.2, 0) is 0 Å². The highest BCUT2D eigenvalue weighted by atomic mass is 19.4. The van der Waals surface area contributed by atoms with Gasteiger partial charge in [0.15, 0.2) is 5.78 Å². The van der Waals surface area contributed by atoms with Crippen LogP contribution in [0.4, 0.5) is 13.2 Å². The molecule has 0 spiro atoms. The lowest BCUT2D eigenvalue weighted by Gasteiger charge is -2.13. The van der Waals surface area contributed by atoms with E-state index in [1.54, 1.807) is 6.07 Å². The second-order valence-corrected chi connectivity index (χ2v) is 2.99. The smallest absolute Gasteiger partial charge is 0.294 e. The maximum Gasteiger partial charge on any atom is 0.398 e. The van der Waals surface area contributed by atoms with Gasteiger partial charge in [-0.05, 0) is 6.92 Å². The number of halogens is 3. The van der Waals surface area contributed by atoms with E-state index in [-0.39, 0.29) is 5.56 Å². The Labute approximate surface area is 79.5 Å². The SMILES string of the molecule is C[C@@H](C(=O)c1ccccc1)C(F)(F)F. The molecule has 0 saturated heterocycles. The highest BCUT2D eigenvalue weighted by molar-refractivity contribution is 5.98. The minimum atomic E-state index is -4.47. The molecule has 0 N–H and O–H groups in total. The molecule has 1 aromatic rings. The topological polar surface area (TPSA) is 17.1 Å². The van der Waals surface area contributed by atoms with Gasteiger partial charge in [-0.1, -0.05) is 30.3 Å². The Kier molecular flexibility index (Phi) is 2.93. The number of Topliss-reactive ketones (excluding diaryl/α,β-unsaturated/α-hetero) is 1. The van der Waals surface area contributed by atoms with Crippen molar-refractivity contribution in [2.24, 2.45) is 5.92 Å². The minimum absolute atomic E-state index is 0.0947. The zero-order valence-corrected chi connectivity index (χ0v) is 7.51. The first-order chi connectivity index (χ1) is 6.43. The molecule has 0 unspecified atom stereocenters. The summed E-state index contributed by atoms with van der Waals surface area (Å²) in [5, 5.41) is 0. The molecule has 1 nitrogen and oxygen atoms in total. The van der Waals surface area contributed by atoms with Gasteiger partial charge < -0.3 is 0 Å². The van der Waals surface area contributed by atoms with Gasteiger partial charge in [0, 0.05) is 5.56 Å². The lowest BCUT2D eigenvalue weighted by Crippen LogP contribution is -2.27. The predicted molar refractivity (Wildman–Crippen MR) is 46.0 cm³/mol. The normalized spacial score (nSPS) is 13.7. The summed E-state index contributed by atoms with van der Waals surface area (Å²) in [7, 11) is 0. The van der Waals surface area contributed by atoms with E-state index >= 15 is 0 Å². The average Bonchev–Trinajstić information content (AvgIpc) is 2.15. The van der Waals surface area contributed by atoms with E-state index in [2.05, 4.69) is 0 Å². The molecule has 76 valence electrons. The molecule has 0 aromatic heterocycles. The van der Waals surface area contributed by atoms with Crippen LogP contribution >= 0.6 is 0 Å². The minimum Gasteiger partial charge on any atom is -0.294 e. The molecule has 0 saturated carbocycles. The predicted octanol–water partition coefficient (Wildman–Crippen LogP) is 3.07. The van der Waals surface area contributed by atoms with Crippen molar-refractivity contribution in [3.8, 4) is 0 Å². The van der Waals surface area contributed by atoms with Crippen molar-refractivity contribution in [3.05, 3.63) is 35.9 Å². The van der Waals surface area contributed by atoms with Gasteiger partial charge in [0.2, 0.25) is 0 Å². The fourth-order valence-electron chi connectivity index (χ4n) is 1.00. The molecule has 1 atom stereocenters. The van der Waals surface area contributed by atoms with Gasteiger partial charge in [-0.15, -0.1) is 0 Å². The van der Waals surface area contributed by atoms with Crippen molar-refractivity contribution >= 4 is 5.78 Å². The van der Waals surface area contributed by atoms with Gasteiger partial charge >= 0.3 is 6.18 Å². The van der Waals surface area contributed by atoms with Gasteiger partial charge in [-0.2, -0.15) is 13.2 Å². The molecule has 0 amide bonds. The summed E-state index contributed by atoms with van der Waals surface area (Å²) in [5.41, 5.74) is 0.0947. The largest absolute Gasteiger partial charge is 0.398 e. The summed E-state index contributed by atoms with van der Waals surface area (Å²) in [6.45, 7) is 0.870. The molecule has 0 bridgehead atoms. The zero-order chi connectivity index (χ0) is 10.8. The van der Waals surface area contributed by atoms with Gasteiger partial charge in [0.25, 0.3) is 0 Å². The third kappa shape index (κ3) is 2.34. The fourth-order valence-corrected chi connectivity index (χ4v) is 1.00. The molecular weight excluding hydrogens is 193 g/mol. The van der Waals surface area contributed by atoms with Gasteiger partial charge in [0.05, 0.1) is 0 Å². The van der Waals surface area contributed by atoms with E-state index in [4.69, 9.17) is 0 Å². The van der Waals surface area contributed by atoms with Gasteiger partial charge in [0.1, 0.15) is 5.92 Å². The van der Waals surface area contributed by atoms with E-state index < -0.39 is 17.9 Å². The number of hydrogen-bond acceptors (Lipinski definition) is 1. The van der Waals surface area contributed by atoms with Crippen molar-refractivity contribution in [3.63, 3.8) is 0 Å². The number of benzene rings is 1. The van der Waals surface area contributed by atoms with Crippen LogP contribution in [0.5, 0.6) is 0 Å². The molecule has 0 aliphatic carbocycles. The number of carbonyl (C=O) groups is 1. The third-order valence-electron chi connectivity index (χ3n) is 1.94. The average molecular weight is 202 g/mol. The maximum absolute atomic E-state index is 12.2. The van der Waals surface area contributed by atoms with Gasteiger partial charge in [-0.3, -0.25) is 4.79 Å². The van der Waals surface area contributed by atoms with Crippen molar-refractivity contribution in [2.75, 3.05) is 0 Å². The van der Waals surface area contributed by atoms with E-state index in [1.165, 1.54) is 24.3 Å². The van der Waals surface area contributed by atoms with E-state index in [0.29, 0.717) is 0 Å². The van der Waals surface area contributed by atoms with E-state index in [9.17, 15) is 18.0 Å². The molecule has 1 aromatic carbocycles. The molecule has 0 heterocycles. The second-order valence-electron chi connectivity index (χ2n) is 2.99. The summed E-state index contributed by atoms with van der Waals surface area (Å²) >= 11 is 0. The van der Waals surface area contributed by atoms with Crippen LogP contribution in [0.1, 0.15) is 17.3 Å². The first-order valence-corrected chi connectivity index (χ1v) is 4.09. The van der Waals surface area contributed by atoms with E-state index in [1.807, 2.05) is 0 Å². The van der Waals surface area contributed by atoms with Crippen LogP contribution < -0.4 is 0 Å². The van der Waals surface area contributed by atoms with Crippen molar-refractivity contribution < 1.29 is 18.0 Å². The molecule has 0 fully saturated rings. The molecule has 0 radical (unpaired) electrons. The Morgan fingerprint density at radius 3 is 2.14 bits per heavy atom. The summed E-state index contributed by atoms with van der Waals surface area (Å²) in [6, 6.07) is 7.48. The Bertz CT molecular complexity index is 316. The van der Waals surface area contributed by atoms with Crippen LogP contribution in [-0.4, -0.2) is 12.0 Å². The van der Waals surface area contributed by atoms with E-state index in [0.717, 1.165) is 6.92 Å². The first-order valence-electron chi connectivity index (χ1n) is 4.09. The lowest BCUT2D eigenvalue weighted by molar-refractivity contribution is -0.155. The van der Waals surface area contributed by atoms with Crippen LogP contribution in [0, 0.1) is 5.92 Å². The molecule has 14 heavy (non-hydrogen) atoms. The van der Waals surface area contributed by atoms with Gasteiger partial charge in [-0.25, -0.2) is 0 Å².